The number of ether oxygens (including phenoxy) is 2. The maximum atomic E-state index is 12.0. The fourth-order valence-corrected chi connectivity index (χ4v) is 3.94. The van der Waals surface area contributed by atoms with Crippen LogP contribution in [-0.2, 0) is 16.0 Å². The Kier molecular flexibility index (Phi) is 6.31. The molecule has 3 aromatic rings. The molecule has 0 spiro atoms. The first kappa shape index (κ1) is 22.1. The van der Waals surface area contributed by atoms with E-state index in [1.165, 1.54) is 0 Å². The molecule has 3 N–H and O–H groups in total. The van der Waals surface area contributed by atoms with Crippen molar-refractivity contribution in [3.05, 3.63) is 30.2 Å². The third-order valence-electron chi connectivity index (χ3n) is 5.43. The first-order valence-electron chi connectivity index (χ1n) is 10.9. The van der Waals surface area contributed by atoms with Crippen LogP contribution < -0.4 is 10.6 Å². The summed E-state index contributed by atoms with van der Waals surface area (Å²) in [5.41, 5.74) is 1.58. The molecule has 4 rings (SSSR count). The van der Waals surface area contributed by atoms with Crippen molar-refractivity contribution >= 4 is 28.6 Å². The van der Waals surface area contributed by atoms with E-state index in [4.69, 9.17) is 9.47 Å². The van der Waals surface area contributed by atoms with E-state index < -0.39 is 0 Å². The minimum atomic E-state index is -0.361. The number of methoxy groups -OCH3 is 1. The van der Waals surface area contributed by atoms with Gasteiger partial charge in [0.25, 0.3) is 0 Å². The van der Waals surface area contributed by atoms with Gasteiger partial charge in [0.2, 0.25) is 0 Å². The van der Waals surface area contributed by atoms with Gasteiger partial charge in [0, 0.05) is 42.7 Å². The Hall–Kier alpha value is -3.14. The van der Waals surface area contributed by atoms with E-state index in [-0.39, 0.29) is 23.7 Å². The topological polar surface area (TPSA) is 119 Å². The first-order chi connectivity index (χ1) is 15.3. The highest BCUT2D eigenvalue weighted by molar-refractivity contribution is 5.90. The maximum absolute atomic E-state index is 12.0. The van der Waals surface area contributed by atoms with Crippen molar-refractivity contribution < 1.29 is 14.3 Å². The molecule has 0 aliphatic heterocycles. The Bertz CT molecular complexity index is 1070. The van der Waals surface area contributed by atoms with Gasteiger partial charge in [-0.2, -0.15) is 10.2 Å². The molecule has 0 aromatic carbocycles. The quantitative estimate of drug-likeness (QED) is 0.511. The molecule has 3 heterocycles. The van der Waals surface area contributed by atoms with Crippen LogP contribution in [0.2, 0.25) is 0 Å². The van der Waals surface area contributed by atoms with Crippen LogP contribution in [0.5, 0.6) is 0 Å². The van der Waals surface area contributed by atoms with E-state index in [1.54, 1.807) is 13.3 Å². The predicted octanol–water partition coefficient (Wildman–Crippen LogP) is 3.71. The van der Waals surface area contributed by atoms with Gasteiger partial charge in [-0.05, 0) is 46.1 Å². The number of rotatable bonds is 7. The number of H-pyrrole nitrogens is 1. The summed E-state index contributed by atoms with van der Waals surface area (Å²) >= 11 is 0. The highest BCUT2D eigenvalue weighted by Gasteiger charge is 2.30. The lowest BCUT2D eigenvalue weighted by atomic mass is 10.0. The number of carbonyl (C=O) groups is 1. The summed E-state index contributed by atoms with van der Waals surface area (Å²) in [7, 11) is 1.67. The number of aromatic amines is 1. The molecule has 0 unspecified atom stereocenters. The normalized spacial score (nSPS) is 18.8. The number of fused-ring (bicyclic) bond motifs is 1. The van der Waals surface area contributed by atoms with Crippen molar-refractivity contribution in [2.24, 2.45) is 0 Å². The van der Waals surface area contributed by atoms with Gasteiger partial charge in [0.05, 0.1) is 24.1 Å². The van der Waals surface area contributed by atoms with Crippen molar-refractivity contribution in [1.82, 2.24) is 30.3 Å². The molecule has 0 radical (unpaired) electrons. The van der Waals surface area contributed by atoms with Crippen LogP contribution in [0.4, 0.5) is 16.4 Å². The number of carbonyl (C=O) groups excluding carboxylic acids is 1. The Morgan fingerprint density at radius 2 is 2.19 bits per heavy atom. The average molecular weight is 442 g/mol. The van der Waals surface area contributed by atoms with Crippen LogP contribution in [0.15, 0.2) is 24.5 Å². The third kappa shape index (κ3) is 5.37. The average Bonchev–Trinajstić information content (AvgIpc) is 3.44. The minimum absolute atomic E-state index is 0.0876. The van der Waals surface area contributed by atoms with Gasteiger partial charge in [-0.1, -0.05) is 0 Å². The number of anilines is 2. The minimum Gasteiger partial charge on any atom is -0.446 e. The highest BCUT2D eigenvalue weighted by atomic mass is 16.6. The molecule has 32 heavy (non-hydrogen) atoms. The van der Waals surface area contributed by atoms with Crippen molar-refractivity contribution in [3.63, 3.8) is 0 Å². The van der Waals surface area contributed by atoms with Gasteiger partial charge < -0.3 is 20.1 Å². The van der Waals surface area contributed by atoms with Crippen molar-refractivity contribution in [1.29, 1.82) is 0 Å². The second-order valence-corrected chi connectivity index (χ2v) is 9.22. The summed E-state index contributed by atoms with van der Waals surface area (Å²) in [6.45, 7) is 7.08. The molecular formula is C22H31N7O3. The molecule has 0 saturated heterocycles. The zero-order valence-corrected chi connectivity index (χ0v) is 19.0. The van der Waals surface area contributed by atoms with Crippen LogP contribution in [-0.4, -0.2) is 56.4 Å². The number of nitrogens with one attached hydrogen (secondary N) is 3. The van der Waals surface area contributed by atoms with E-state index in [1.807, 2.05) is 43.8 Å². The lowest BCUT2D eigenvalue weighted by Crippen LogP contribution is -2.42. The number of hydrogen-bond acceptors (Lipinski definition) is 7. The number of alkyl carbamates (subject to hydrolysis) is 1. The second-order valence-electron chi connectivity index (χ2n) is 9.22. The fourth-order valence-electron chi connectivity index (χ4n) is 3.94. The molecule has 1 aliphatic rings. The molecule has 0 bridgehead atoms. The lowest BCUT2D eigenvalue weighted by Gasteiger charge is -2.22. The predicted molar refractivity (Wildman–Crippen MR) is 121 cm³/mol. The standard InChI is InChI=1S/C22H31N7O3/c1-22(2,3)25-21(30)32-15-6-5-14(11-15)18-12-19(27-26-18)24-20-16-13-29(9-10-31-4)28-17(16)7-8-23-20/h7-8,12-15H,5-6,9-11H2,1-4H3,(H,25,30)(H2,23,24,26,27)/t14-,15+/m1/s1. The summed E-state index contributed by atoms with van der Waals surface area (Å²) in [6, 6.07) is 3.88. The van der Waals surface area contributed by atoms with Crippen LogP contribution >= 0.6 is 0 Å². The van der Waals surface area contributed by atoms with Crippen LogP contribution in [0.25, 0.3) is 10.9 Å². The summed E-state index contributed by atoms with van der Waals surface area (Å²) in [4.78, 5) is 16.5. The van der Waals surface area contributed by atoms with E-state index >= 15 is 0 Å². The summed E-state index contributed by atoms with van der Waals surface area (Å²) < 4.78 is 12.6. The molecular weight excluding hydrogens is 410 g/mol. The van der Waals surface area contributed by atoms with Gasteiger partial charge in [0.1, 0.15) is 11.9 Å². The zero-order chi connectivity index (χ0) is 22.7. The summed E-state index contributed by atoms with van der Waals surface area (Å²) in [5.74, 6) is 1.67. The Labute approximate surface area is 187 Å². The largest absolute Gasteiger partial charge is 0.446 e. The monoisotopic (exact) mass is 441 g/mol. The highest BCUT2D eigenvalue weighted by Crippen LogP contribution is 2.36. The number of hydrogen-bond donors (Lipinski definition) is 3. The lowest BCUT2D eigenvalue weighted by molar-refractivity contribution is 0.0937. The van der Waals surface area contributed by atoms with E-state index in [9.17, 15) is 4.79 Å². The van der Waals surface area contributed by atoms with Crippen molar-refractivity contribution in [2.45, 2.75) is 64.1 Å². The molecule has 10 nitrogen and oxygen atoms in total. The first-order valence-corrected chi connectivity index (χ1v) is 10.9. The van der Waals surface area contributed by atoms with E-state index in [2.05, 4.69) is 30.9 Å². The van der Waals surface area contributed by atoms with Gasteiger partial charge in [0.15, 0.2) is 5.82 Å². The summed E-state index contributed by atoms with van der Waals surface area (Å²) in [5, 5.41) is 19.2. The molecule has 2 atom stereocenters. The Balaban J connectivity index is 1.38. The molecule has 10 heteroatoms. The van der Waals surface area contributed by atoms with Crippen molar-refractivity contribution in [2.75, 3.05) is 19.0 Å². The maximum Gasteiger partial charge on any atom is 0.407 e. The number of aromatic nitrogens is 5. The van der Waals surface area contributed by atoms with Crippen LogP contribution in [0, 0.1) is 0 Å². The van der Waals surface area contributed by atoms with Gasteiger partial charge in [-0.25, -0.2) is 9.78 Å². The smallest absolute Gasteiger partial charge is 0.407 e. The Morgan fingerprint density at radius 1 is 1.34 bits per heavy atom. The van der Waals surface area contributed by atoms with Crippen molar-refractivity contribution in [3.8, 4) is 0 Å². The number of pyridine rings is 1. The SMILES string of the molecule is COCCn1cc2c(Nc3cc([C@@H]4CC[C@H](OC(=O)NC(C)(C)C)C4)[nH]n3)nccc2n1. The van der Waals surface area contributed by atoms with E-state index in [0.29, 0.717) is 24.8 Å². The summed E-state index contributed by atoms with van der Waals surface area (Å²) in [6.07, 6.45) is 5.79. The molecule has 1 amide bonds. The number of amides is 1. The fraction of sp³-hybridized carbons (Fsp3) is 0.545. The van der Waals surface area contributed by atoms with Crippen LogP contribution in [0.1, 0.15) is 51.6 Å². The van der Waals surface area contributed by atoms with Gasteiger partial charge in [-0.15, -0.1) is 0 Å². The Morgan fingerprint density at radius 3 is 2.97 bits per heavy atom. The number of nitrogens with zero attached hydrogens (tertiary/aromatic N) is 4. The zero-order valence-electron chi connectivity index (χ0n) is 19.0. The second kappa shape index (κ2) is 9.15. The van der Waals surface area contributed by atoms with Crippen LogP contribution in [0.3, 0.4) is 0 Å². The molecule has 1 fully saturated rings. The molecule has 3 aromatic heterocycles. The molecule has 172 valence electrons. The molecule has 1 saturated carbocycles. The molecule has 1 aliphatic carbocycles. The van der Waals surface area contributed by atoms with Gasteiger partial charge >= 0.3 is 6.09 Å². The van der Waals surface area contributed by atoms with Gasteiger partial charge in [-0.3, -0.25) is 9.78 Å². The third-order valence-corrected chi connectivity index (χ3v) is 5.43. The van der Waals surface area contributed by atoms with E-state index in [0.717, 1.165) is 35.9 Å².